The minimum absolute atomic E-state index is 0.203. The van der Waals surface area contributed by atoms with Crippen molar-refractivity contribution in [2.24, 2.45) is 5.92 Å². The van der Waals surface area contributed by atoms with E-state index in [1.165, 1.54) is 6.42 Å². The Balaban J connectivity index is 1.75. The zero-order valence-corrected chi connectivity index (χ0v) is 11.3. The van der Waals surface area contributed by atoms with Gasteiger partial charge in [0.25, 0.3) is 0 Å². The highest BCUT2D eigenvalue weighted by Crippen LogP contribution is 2.16. The quantitative estimate of drug-likeness (QED) is 0.923. The average molecular weight is 302 g/mol. The fourth-order valence-corrected chi connectivity index (χ4v) is 2.29. The second-order valence-corrected chi connectivity index (χ2v) is 5.32. The van der Waals surface area contributed by atoms with Crippen molar-refractivity contribution in [1.82, 2.24) is 5.32 Å². The first-order chi connectivity index (χ1) is 8.25. The van der Waals surface area contributed by atoms with Crippen molar-refractivity contribution in [3.8, 4) is 0 Å². The topological polar surface area (TPSA) is 21.3 Å². The van der Waals surface area contributed by atoms with Crippen LogP contribution in [0.15, 0.2) is 22.7 Å². The van der Waals surface area contributed by atoms with Gasteiger partial charge in [0.15, 0.2) is 0 Å². The zero-order chi connectivity index (χ0) is 12.1. The molecule has 2 nitrogen and oxygen atoms in total. The third-order valence-electron chi connectivity index (χ3n) is 3.00. The lowest BCUT2D eigenvalue weighted by atomic mass is 10.0. The maximum atomic E-state index is 13.3. The van der Waals surface area contributed by atoms with Gasteiger partial charge in [-0.2, -0.15) is 0 Å². The van der Waals surface area contributed by atoms with Gasteiger partial charge in [-0.3, -0.25) is 0 Å². The second-order valence-electron chi connectivity index (χ2n) is 4.46. The Labute approximate surface area is 110 Å². The van der Waals surface area contributed by atoms with Gasteiger partial charge in [0, 0.05) is 19.7 Å². The molecule has 0 bridgehead atoms. The Hall–Kier alpha value is -0.450. The van der Waals surface area contributed by atoms with Gasteiger partial charge in [-0.1, -0.05) is 6.07 Å². The van der Waals surface area contributed by atoms with Crippen LogP contribution >= 0.6 is 15.9 Å². The standard InChI is InChI=1S/C13H17BrFNO/c14-12-4-3-10(6-13(12)15)7-16-8-11-2-1-5-17-9-11/h3-4,6,11,16H,1-2,5,7-9H2. The van der Waals surface area contributed by atoms with Crippen LogP contribution in [0.4, 0.5) is 4.39 Å². The lowest BCUT2D eigenvalue weighted by Crippen LogP contribution is -2.28. The van der Waals surface area contributed by atoms with E-state index in [0.717, 1.165) is 31.7 Å². The number of rotatable bonds is 4. The SMILES string of the molecule is Fc1cc(CNCC2CCCOC2)ccc1Br. The van der Waals surface area contributed by atoms with Crippen LogP contribution in [-0.4, -0.2) is 19.8 Å². The van der Waals surface area contributed by atoms with Crippen LogP contribution in [0, 0.1) is 11.7 Å². The van der Waals surface area contributed by atoms with Crippen LogP contribution in [-0.2, 0) is 11.3 Å². The van der Waals surface area contributed by atoms with Crippen molar-refractivity contribution in [3.05, 3.63) is 34.1 Å². The van der Waals surface area contributed by atoms with Crippen molar-refractivity contribution in [2.45, 2.75) is 19.4 Å². The average Bonchev–Trinajstić information content (AvgIpc) is 2.35. The number of hydrogen-bond acceptors (Lipinski definition) is 2. The van der Waals surface area contributed by atoms with Crippen LogP contribution in [0.5, 0.6) is 0 Å². The molecule has 1 aromatic rings. The highest BCUT2D eigenvalue weighted by molar-refractivity contribution is 9.10. The molecular formula is C13H17BrFNO. The Bertz CT molecular complexity index is 366. The molecule has 1 fully saturated rings. The van der Waals surface area contributed by atoms with Gasteiger partial charge < -0.3 is 10.1 Å². The van der Waals surface area contributed by atoms with Gasteiger partial charge in [-0.05, 0) is 52.4 Å². The summed E-state index contributed by atoms with van der Waals surface area (Å²) in [6.07, 6.45) is 2.38. The molecule has 0 aromatic heterocycles. The van der Waals surface area contributed by atoms with Crippen LogP contribution < -0.4 is 5.32 Å². The monoisotopic (exact) mass is 301 g/mol. The molecule has 2 rings (SSSR count). The fraction of sp³-hybridized carbons (Fsp3) is 0.538. The fourth-order valence-electron chi connectivity index (χ4n) is 2.04. The molecule has 1 aliphatic rings. The van der Waals surface area contributed by atoms with Crippen LogP contribution in [0.2, 0.25) is 0 Å². The molecule has 0 radical (unpaired) electrons. The van der Waals surface area contributed by atoms with E-state index < -0.39 is 0 Å². The molecule has 0 aliphatic carbocycles. The summed E-state index contributed by atoms with van der Waals surface area (Å²) >= 11 is 3.15. The lowest BCUT2D eigenvalue weighted by Gasteiger charge is -2.22. The third kappa shape index (κ3) is 4.05. The summed E-state index contributed by atoms with van der Waals surface area (Å²) < 4.78 is 19.2. The minimum Gasteiger partial charge on any atom is -0.381 e. The molecule has 94 valence electrons. The van der Waals surface area contributed by atoms with Gasteiger partial charge in [0.05, 0.1) is 11.1 Å². The number of ether oxygens (including phenoxy) is 1. The molecule has 17 heavy (non-hydrogen) atoms. The second kappa shape index (κ2) is 6.47. The molecular weight excluding hydrogens is 285 g/mol. The highest BCUT2D eigenvalue weighted by atomic mass is 79.9. The Morgan fingerprint density at radius 3 is 3.06 bits per heavy atom. The number of nitrogens with one attached hydrogen (secondary N) is 1. The van der Waals surface area contributed by atoms with Gasteiger partial charge in [-0.25, -0.2) is 4.39 Å². The summed E-state index contributed by atoms with van der Waals surface area (Å²) in [6.45, 7) is 3.40. The number of halogens is 2. The first-order valence-electron chi connectivity index (χ1n) is 5.98. The summed E-state index contributed by atoms with van der Waals surface area (Å²) in [5.41, 5.74) is 0.974. The Kier molecular flexibility index (Phi) is 4.95. The van der Waals surface area contributed by atoms with E-state index in [0.29, 0.717) is 16.9 Å². The molecule has 1 unspecified atom stereocenters. The summed E-state index contributed by atoms with van der Waals surface area (Å²) in [5.74, 6) is 0.398. The first kappa shape index (κ1) is 13.0. The molecule has 1 N–H and O–H groups in total. The van der Waals surface area contributed by atoms with Crippen molar-refractivity contribution >= 4 is 15.9 Å². The molecule has 0 amide bonds. The predicted molar refractivity (Wildman–Crippen MR) is 69.3 cm³/mol. The van der Waals surface area contributed by atoms with E-state index in [-0.39, 0.29) is 5.82 Å². The number of hydrogen-bond donors (Lipinski definition) is 1. The summed E-state index contributed by atoms with van der Waals surface area (Å²) in [7, 11) is 0. The maximum absolute atomic E-state index is 13.3. The number of benzene rings is 1. The molecule has 1 atom stereocenters. The normalized spacial score (nSPS) is 20.5. The van der Waals surface area contributed by atoms with Crippen molar-refractivity contribution in [2.75, 3.05) is 19.8 Å². The molecule has 1 aliphatic heterocycles. The van der Waals surface area contributed by atoms with Crippen molar-refractivity contribution in [3.63, 3.8) is 0 Å². The first-order valence-corrected chi connectivity index (χ1v) is 6.77. The lowest BCUT2D eigenvalue weighted by molar-refractivity contribution is 0.0547. The molecule has 1 heterocycles. The van der Waals surface area contributed by atoms with E-state index in [9.17, 15) is 4.39 Å². The highest BCUT2D eigenvalue weighted by Gasteiger charge is 2.13. The van der Waals surface area contributed by atoms with Gasteiger partial charge >= 0.3 is 0 Å². The Morgan fingerprint density at radius 2 is 2.35 bits per heavy atom. The van der Waals surface area contributed by atoms with Crippen LogP contribution in [0.3, 0.4) is 0 Å². The van der Waals surface area contributed by atoms with E-state index in [1.807, 2.05) is 6.07 Å². The van der Waals surface area contributed by atoms with Crippen molar-refractivity contribution in [1.29, 1.82) is 0 Å². The van der Waals surface area contributed by atoms with Gasteiger partial charge in [-0.15, -0.1) is 0 Å². The maximum Gasteiger partial charge on any atom is 0.137 e. The van der Waals surface area contributed by atoms with E-state index in [2.05, 4.69) is 21.2 Å². The summed E-state index contributed by atoms with van der Waals surface area (Å²) in [6, 6.07) is 5.24. The van der Waals surface area contributed by atoms with Crippen LogP contribution in [0.1, 0.15) is 18.4 Å². The van der Waals surface area contributed by atoms with E-state index in [4.69, 9.17) is 4.74 Å². The van der Waals surface area contributed by atoms with Gasteiger partial charge in [0.1, 0.15) is 5.82 Å². The molecule has 1 aromatic carbocycles. The van der Waals surface area contributed by atoms with E-state index >= 15 is 0 Å². The largest absolute Gasteiger partial charge is 0.381 e. The Morgan fingerprint density at radius 1 is 1.47 bits per heavy atom. The summed E-state index contributed by atoms with van der Waals surface area (Å²) in [4.78, 5) is 0. The van der Waals surface area contributed by atoms with E-state index in [1.54, 1.807) is 12.1 Å². The van der Waals surface area contributed by atoms with Crippen molar-refractivity contribution < 1.29 is 9.13 Å². The minimum atomic E-state index is -0.203. The zero-order valence-electron chi connectivity index (χ0n) is 9.72. The molecule has 0 saturated carbocycles. The smallest absolute Gasteiger partial charge is 0.137 e. The van der Waals surface area contributed by atoms with Crippen LogP contribution in [0.25, 0.3) is 0 Å². The molecule has 1 saturated heterocycles. The van der Waals surface area contributed by atoms with Gasteiger partial charge in [0.2, 0.25) is 0 Å². The molecule has 4 heteroatoms. The predicted octanol–water partition coefficient (Wildman–Crippen LogP) is 3.10. The third-order valence-corrected chi connectivity index (χ3v) is 3.64. The summed E-state index contributed by atoms with van der Waals surface area (Å²) in [5, 5.41) is 3.36. The molecule has 0 spiro atoms.